The Morgan fingerprint density at radius 1 is 1.36 bits per heavy atom. The van der Waals surface area contributed by atoms with E-state index >= 15 is 0 Å². The lowest BCUT2D eigenvalue weighted by Gasteiger charge is -2.24. The average Bonchev–Trinajstić information content (AvgIpc) is 2.13. The Hall–Kier alpha value is -0.960. The van der Waals surface area contributed by atoms with Crippen molar-refractivity contribution in [1.82, 2.24) is 0 Å². The van der Waals surface area contributed by atoms with Crippen molar-refractivity contribution in [3.63, 3.8) is 0 Å². The molecule has 1 fully saturated rings. The van der Waals surface area contributed by atoms with Crippen LogP contribution in [-0.4, -0.2) is 23.6 Å². The Labute approximate surface area is 87.6 Å². The van der Waals surface area contributed by atoms with E-state index in [0.717, 1.165) is 17.1 Å². The van der Waals surface area contributed by atoms with Gasteiger partial charge in [-0.2, -0.15) is 11.8 Å². The number of rotatable bonds is 3. The normalized spacial score (nSPS) is 16.0. The summed E-state index contributed by atoms with van der Waals surface area (Å²) >= 11 is 1.82. The van der Waals surface area contributed by atoms with E-state index in [0.29, 0.717) is 6.42 Å². The number of hydrogen-bond acceptors (Lipinski definition) is 3. The molecule has 1 saturated heterocycles. The lowest BCUT2D eigenvalue weighted by atomic mass is 10.2. The number of benzene rings is 1. The Bertz CT molecular complexity index is 306. The lowest BCUT2D eigenvalue weighted by molar-refractivity contribution is -0.146. The Morgan fingerprint density at radius 3 is 2.64 bits per heavy atom. The maximum absolute atomic E-state index is 11.4. The first-order chi connectivity index (χ1) is 6.84. The number of ether oxygens (including phenoxy) is 1. The van der Waals surface area contributed by atoms with E-state index < -0.39 is 0 Å². The largest absolute Gasteiger partial charge is 0.460 e. The highest BCUT2D eigenvalue weighted by molar-refractivity contribution is 8.00. The van der Waals surface area contributed by atoms with Crippen molar-refractivity contribution in [1.29, 1.82) is 0 Å². The van der Waals surface area contributed by atoms with Crippen molar-refractivity contribution >= 4 is 17.7 Å². The van der Waals surface area contributed by atoms with Gasteiger partial charge in [-0.1, -0.05) is 30.3 Å². The predicted octanol–water partition coefficient (Wildman–Crippen LogP) is 1.89. The molecule has 2 nitrogen and oxygen atoms in total. The zero-order valence-corrected chi connectivity index (χ0v) is 8.63. The molecule has 1 aliphatic heterocycles. The fraction of sp³-hybridized carbons (Fsp3) is 0.364. The minimum atomic E-state index is -0.110. The van der Waals surface area contributed by atoms with E-state index in [1.54, 1.807) is 0 Å². The summed E-state index contributed by atoms with van der Waals surface area (Å²) in [5.41, 5.74) is 1.02. The van der Waals surface area contributed by atoms with Crippen molar-refractivity contribution < 1.29 is 9.53 Å². The Balaban J connectivity index is 1.82. The van der Waals surface area contributed by atoms with Crippen LogP contribution >= 0.6 is 11.8 Å². The minimum Gasteiger partial charge on any atom is -0.460 e. The van der Waals surface area contributed by atoms with Crippen LogP contribution in [0.5, 0.6) is 0 Å². The van der Waals surface area contributed by atoms with Crippen LogP contribution in [0, 0.1) is 0 Å². The predicted molar refractivity (Wildman–Crippen MR) is 57.4 cm³/mol. The fourth-order valence-corrected chi connectivity index (χ4v) is 1.84. The van der Waals surface area contributed by atoms with Crippen molar-refractivity contribution in [2.45, 2.75) is 12.5 Å². The van der Waals surface area contributed by atoms with Crippen molar-refractivity contribution in [2.75, 3.05) is 11.5 Å². The lowest BCUT2D eigenvalue weighted by Crippen LogP contribution is -2.31. The molecule has 74 valence electrons. The first-order valence-electron chi connectivity index (χ1n) is 4.66. The number of carbonyl (C=O) groups is 1. The zero-order valence-electron chi connectivity index (χ0n) is 7.81. The number of carbonyl (C=O) groups excluding carboxylic acids is 1. The smallest absolute Gasteiger partial charge is 0.310 e. The summed E-state index contributed by atoms with van der Waals surface area (Å²) in [4.78, 5) is 11.4. The molecule has 0 saturated carbocycles. The second-order valence-electron chi connectivity index (χ2n) is 3.31. The molecule has 3 heteroatoms. The molecule has 0 spiro atoms. The second-order valence-corrected chi connectivity index (χ2v) is 4.39. The average molecular weight is 208 g/mol. The number of esters is 1. The van der Waals surface area contributed by atoms with Crippen LogP contribution in [-0.2, 0) is 16.0 Å². The summed E-state index contributed by atoms with van der Waals surface area (Å²) in [6.07, 6.45) is 0.554. The van der Waals surface area contributed by atoms with Crippen molar-refractivity contribution in [2.24, 2.45) is 0 Å². The first kappa shape index (κ1) is 9.59. The van der Waals surface area contributed by atoms with Gasteiger partial charge in [-0.3, -0.25) is 4.79 Å². The second kappa shape index (κ2) is 4.51. The van der Waals surface area contributed by atoms with E-state index in [4.69, 9.17) is 4.74 Å². The Kier molecular flexibility index (Phi) is 3.09. The molecular formula is C11H12O2S. The zero-order chi connectivity index (χ0) is 9.80. The van der Waals surface area contributed by atoms with Gasteiger partial charge in [-0.05, 0) is 5.56 Å². The molecule has 1 aliphatic rings. The van der Waals surface area contributed by atoms with E-state index in [1.165, 1.54) is 0 Å². The molecule has 1 heterocycles. The van der Waals surface area contributed by atoms with Crippen LogP contribution in [0.25, 0.3) is 0 Å². The minimum absolute atomic E-state index is 0.110. The summed E-state index contributed by atoms with van der Waals surface area (Å²) in [5, 5.41) is 0. The molecule has 0 atom stereocenters. The topological polar surface area (TPSA) is 26.3 Å². The monoisotopic (exact) mass is 208 g/mol. The van der Waals surface area contributed by atoms with Gasteiger partial charge in [0, 0.05) is 11.5 Å². The van der Waals surface area contributed by atoms with Gasteiger partial charge in [0.05, 0.1) is 6.42 Å². The maximum Gasteiger partial charge on any atom is 0.310 e. The third-order valence-corrected chi connectivity index (χ3v) is 3.31. The molecule has 0 aliphatic carbocycles. The molecule has 0 aromatic heterocycles. The van der Waals surface area contributed by atoms with Crippen LogP contribution in [0.3, 0.4) is 0 Å². The van der Waals surface area contributed by atoms with Crippen LogP contribution in [0.4, 0.5) is 0 Å². The quantitative estimate of drug-likeness (QED) is 0.709. The third kappa shape index (κ3) is 2.51. The van der Waals surface area contributed by atoms with Gasteiger partial charge in [-0.25, -0.2) is 0 Å². The van der Waals surface area contributed by atoms with Crippen LogP contribution in [0.2, 0.25) is 0 Å². The summed E-state index contributed by atoms with van der Waals surface area (Å²) in [5.74, 6) is 1.81. The number of hydrogen-bond donors (Lipinski definition) is 0. The molecule has 0 bridgehead atoms. The molecule has 0 N–H and O–H groups in total. The number of thioether (sulfide) groups is 1. The molecule has 1 aromatic carbocycles. The van der Waals surface area contributed by atoms with E-state index in [-0.39, 0.29) is 12.1 Å². The first-order valence-corrected chi connectivity index (χ1v) is 5.81. The third-order valence-electron chi connectivity index (χ3n) is 2.10. The summed E-state index contributed by atoms with van der Waals surface area (Å²) in [7, 11) is 0. The van der Waals surface area contributed by atoms with Crippen LogP contribution in [0.1, 0.15) is 5.56 Å². The summed E-state index contributed by atoms with van der Waals surface area (Å²) in [6.45, 7) is 0. The van der Waals surface area contributed by atoms with Crippen molar-refractivity contribution in [3.8, 4) is 0 Å². The molecular weight excluding hydrogens is 196 g/mol. The SMILES string of the molecule is O=C(Cc1ccccc1)OC1CSC1. The van der Waals surface area contributed by atoms with Crippen LogP contribution in [0.15, 0.2) is 30.3 Å². The highest BCUT2D eigenvalue weighted by Gasteiger charge is 2.22. The van der Waals surface area contributed by atoms with Gasteiger partial charge < -0.3 is 4.74 Å². The van der Waals surface area contributed by atoms with Gasteiger partial charge >= 0.3 is 5.97 Å². The van der Waals surface area contributed by atoms with Crippen LogP contribution < -0.4 is 0 Å². The van der Waals surface area contributed by atoms with Gasteiger partial charge in [0.2, 0.25) is 0 Å². The molecule has 0 radical (unpaired) electrons. The molecule has 0 amide bonds. The molecule has 14 heavy (non-hydrogen) atoms. The van der Waals surface area contributed by atoms with Crippen molar-refractivity contribution in [3.05, 3.63) is 35.9 Å². The fourth-order valence-electron chi connectivity index (χ4n) is 1.27. The molecule has 0 unspecified atom stereocenters. The molecule has 1 aromatic rings. The summed E-state index contributed by atoms with van der Waals surface area (Å²) in [6, 6.07) is 9.69. The van der Waals surface area contributed by atoms with E-state index in [9.17, 15) is 4.79 Å². The van der Waals surface area contributed by atoms with Gasteiger partial charge in [0.1, 0.15) is 6.10 Å². The highest BCUT2D eigenvalue weighted by atomic mass is 32.2. The highest BCUT2D eigenvalue weighted by Crippen LogP contribution is 2.21. The summed E-state index contributed by atoms with van der Waals surface area (Å²) < 4.78 is 5.23. The Morgan fingerprint density at radius 2 is 2.07 bits per heavy atom. The maximum atomic E-state index is 11.4. The van der Waals surface area contributed by atoms with Gasteiger partial charge in [0.25, 0.3) is 0 Å². The molecule has 2 rings (SSSR count). The van der Waals surface area contributed by atoms with Gasteiger partial charge in [-0.15, -0.1) is 0 Å². The van der Waals surface area contributed by atoms with E-state index in [1.807, 2.05) is 42.1 Å². The van der Waals surface area contributed by atoms with Gasteiger partial charge in [0.15, 0.2) is 0 Å². The standard InChI is InChI=1S/C11H12O2S/c12-11(13-10-7-14-8-10)6-9-4-2-1-3-5-9/h1-5,10H,6-8H2. The van der Waals surface area contributed by atoms with E-state index in [2.05, 4.69) is 0 Å².